The Balaban J connectivity index is 1.33. The summed E-state index contributed by atoms with van der Waals surface area (Å²) in [5.41, 5.74) is 2.47. The average Bonchev–Trinajstić information content (AvgIpc) is 3.70. The van der Waals surface area contributed by atoms with Crippen LogP contribution in [0.2, 0.25) is 0 Å². The second-order valence-electron chi connectivity index (χ2n) is 13.1. The fraction of sp³-hybridized carbons (Fsp3) is 0.514. The predicted octanol–water partition coefficient (Wildman–Crippen LogP) is 3.93. The second kappa shape index (κ2) is 10.1. The number of hydrogen-bond acceptors (Lipinski definition) is 7. The van der Waals surface area contributed by atoms with Gasteiger partial charge in [0.05, 0.1) is 17.5 Å². The number of likely N-dealkylation sites (N-methyl/N-ethyl adjacent to an activating group) is 1. The summed E-state index contributed by atoms with van der Waals surface area (Å²) in [5, 5.41) is 0. The van der Waals surface area contributed by atoms with Gasteiger partial charge in [0, 0.05) is 44.5 Å². The Labute approximate surface area is 252 Å². The molecule has 2 saturated carbocycles. The van der Waals surface area contributed by atoms with Crippen LogP contribution in [0.25, 0.3) is 0 Å². The maximum Gasteiger partial charge on any atom is 0.308 e. The van der Waals surface area contributed by atoms with Crippen LogP contribution in [0.15, 0.2) is 36.4 Å². The minimum absolute atomic E-state index is 0.00190. The topological polar surface area (TPSA) is 85.4 Å². The van der Waals surface area contributed by atoms with Crippen molar-refractivity contribution < 1.29 is 28.6 Å². The highest BCUT2D eigenvalue weighted by molar-refractivity contribution is 5.94. The summed E-state index contributed by atoms with van der Waals surface area (Å²) in [6, 6.07) is 11.3. The first-order chi connectivity index (χ1) is 20.6. The molecule has 1 spiro atoms. The number of benzene rings is 2. The monoisotopic (exact) mass is 582 g/mol. The summed E-state index contributed by atoms with van der Waals surface area (Å²) in [5.74, 6) is 6.46. The van der Waals surface area contributed by atoms with E-state index >= 15 is 0 Å². The lowest BCUT2D eigenvalue weighted by Crippen LogP contribution is -2.79. The number of aryl methyl sites for hydroxylation is 1. The van der Waals surface area contributed by atoms with Crippen LogP contribution in [0, 0.1) is 24.7 Å². The van der Waals surface area contributed by atoms with Crippen molar-refractivity contribution in [1.29, 1.82) is 0 Å². The zero-order valence-corrected chi connectivity index (χ0v) is 25.3. The van der Waals surface area contributed by atoms with E-state index in [4.69, 9.17) is 14.2 Å². The zero-order chi connectivity index (χ0) is 30.1. The van der Waals surface area contributed by atoms with Gasteiger partial charge in [-0.2, -0.15) is 0 Å². The Bertz CT molecular complexity index is 1590. The zero-order valence-electron chi connectivity index (χ0n) is 25.3. The summed E-state index contributed by atoms with van der Waals surface area (Å²) in [7, 11) is 1.79. The molecule has 0 N–H and O–H groups in total. The SMILES string of the molecule is CC(=O)Oc1ccc2c3c1O[C@H]1[C@H](N(C)C(=O)C#Cc4cccc(C)c4)CC[C@@]4(OC(C)=O)[C@@H](C2)N(CC2CC2)CC[C@]314. The molecule has 5 atom stereocenters. The molecule has 3 fully saturated rings. The summed E-state index contributed by atoms with van der Waals surface area (Å²) in [6.07, 6.45) is 4.62. The van der Waals surface area contributed by atoms with E-state index in [1.807, 2.05) is 43.3 Å². The van der Waals surface area contributed by atoms with Crippen LogP contribution in [-0.2, 0) is 31.0 Å². The van der Waals surface area contributed by atoms with Crippen LogP contribution in [0.4, 0.5) is 0 Å². The van der Waals surface area contributed by atoms with Crippen LogP contribution in [0.1, 0.15) is 68.2 Å². The van der Waals surface area contributed by atoms with Gasteiger partial charge in [-0.3, -0.25) is 19.3 Å². The summed E-state index contributed by atoms with van der Waals surface area (Å²) in [4.78, 5) is 42.9. The van der Waals surface area contributed by atoms with Crippen molar-refractivity contribution >= 4 is 17.8 Å². The Morgan fingerprint density at radius 2 is 1.91 bits per heavy atom. The maximum atomic E-state index is 13.6. The third-order valence-corrected chi connectivity index (χ3v) is 10.4. The molecule has 8 nitrogen and oxygen atoms in total. The van der Waals surface area contributed by atoms with Gasteiger partial charge >= 0.3 is 11.9 Å². The number of hydrogen-bond donors (Lipinski definition) is 0. The number of carbonyl (C=O) groups is 3. The third kappa shape index (κ3) is 4.35. The van der Waals surface area contributed by atoms with E-state index in [9.17, 15) is 14.4 Å². The van der Waals surface area contributed by atoms with E-state index in [0.29, 0.717) is 36.7 Å². The van der Waals surface area contributed by atoms with Crippen LogP contribution >= 0.6 is 0 Å². The van der Waals surface area contributed by atoms with Crippen molar-refractivity contribution in [2.75, 3.05) is 20.1 Å². The molecule has 2 aromatic rings. The smallest absolute Gasteiger partial charge is 0.308 e. The lowest BCUT2D eigenvalue weighted by Gasteiger charge is -2.65. The molecule has 1 saturated heterocycles. The van der Waals surface area contributed by atoms with Gasteiger partial charge in [-0.15, -0.1) is 0 Å². The number of rotatable bonds is 5. The molecule has 1 amide bonds. The summed E-state index contributed by atoms with van der Waals surface area (Å²) < 4.78 is 19.1. The normalized spacial score (nSPS) is 29.8. The molecule has 0 radical (unpaired) electrons. The second-order valence-corrected chi connectivity index (χ2v) is 13.1. The van der Waals surface area contributed by atoms with Crippen molar-refractivity contribution in [3.05, 3.63) is 58.7 Å². The van der Waals surface area contributed by atoms with Crippen molar-refractivity contribution in [3.63, 3.8) is 0 Å². The molecule has 2 aromatic carbocycles. The number of likely N-dealkylation sites (tertiary alicyclic amines) is 1. The summed E-state index contributed by atoms with van der Waals surface area (Å²) >= 11 is 0. The number of ether oxygens (including phenoxy) is 3. The van der Waals surface area contributed by atoms with E-state index in [2.05, 4.69) is 16.7 Å². The van der Waals surface area contributed by atoms with Gasteiger partial charge in [-0.05, 0) is 87.2 Å². The molecule has 2 aliphatic heterocycles. The maximum absolute atomic E-state index is 13.6. The Hall–Kier alpha value is -3.83. The van der Waals surface area contributed by atoms with E-state index in [1.165, 1.54) is 26.7 Å². The predicted molar refractivity (Wildman–Crippen MR) is 159 cm³/mol. The van der Waals surface area contributed by atoms with E-state index < -0.39 is 23.1 Å². The number of carbonyl (C=O) groups excluding carboxylic acids is 3. The molecular weight excluding hydrogens is 544 g/mol. The van der Waals surface area contributed by atoms with Crippen LogP contribution in [-0.4, -0.2) is 71.6 Å². The van der Waals surface area contributed by atoms with Crippen LogP contribution < -0.4 is 9.47 Å². The lowest BCUT2D eigenvalue weighted by molar-refractivity contribution is -0.223. The minimum Gasteiger partial charge on any atom is -0.483 e. The average molecular weight is 583 g/mol. The molecule has 2 heterocycles. The first-order valence-corrected chi connectivity index (χ1v) is 15.4. The molecule has 0 unspecified atom stereocenters. The van der Waals surface area contributed by atoms with E-state index in [0.717, 1.165) is 41.8 Å². The standard InChI is InChI=1S/C35H38N2O6/c1-21-6-5-7-24(18-21)10-13-30(40)36(4)27-14-15-35(43-23(3)39)29-19-26-11-12-28(41-22(2)38)32-31(26)34(35,33(27)42-32)16-17-37(29)20-25-8-9-25/h5-7,11-12,18,25,27,29,33H,8-9,14-17,19-20H2,1-4H3/t27-,29-,33+,34+,35-/m1/s1. The molecule has 43 heavy (non-hydrogen) atoms. The van der Waals surface area contributed by atoms with Gasteiger partial charge in [-0.25, -0.2) is 0 Å². The number of nitrogens with zero attached hydrogens (tertiary/aromatic N) is 2. The highest BCUT2D eigenvalue weighted by Gasteiger charge is 2.75. The highest BCUT2D eigenvalue weighted by atomic mass is 16.6. The molecule has 2 bridgehead atoms. The summed E-state index contributed by atoms with van der Waals surface area (Å²) in [6.45, 7) is 6.71. The first kappa shape index (κ1) is 28.0. The Kier molecular flexibility index (Phi) is 6.59. The molecular formula is C35H38N2O6. The molecule has 8 heteroatoms. The van der Waals surface area contributed by atoms with Crippen molar-refractivity contribution in [2.24, 2.45) is 5.92 Å². The van der Waals surface area contributed by atoms with Crippen LogP contribution in [0.3, 0.4) is 0 Å². The van der Waals surface area contributed by atoms with Gasteiger partial charge in [0.15, 0.2) is 11.5 Å². The quantitative estimate of drug-likeness (QED) is 0.300. The fourth-order valence-corrected chi connectivity index (χ4v) is 8.60. The Morgan fingerprint density at radius 1 is 1.09 bits per heavy atom. The lowest BCUT2D eigenvalue weighted by atomic mass is 9.48. The molecule has 7 rings (SSSR count). The van der Waals surface area contributed by atoms with Gasteiger partial charge in [0.2, 0.25) is 0 Å². The third-order valence-electron chi connectivity index (χ3n) is 10.4. The van der Waals surface area contributed by atoms with Gasteiger partial charge in [-0.1, -0.05) is 24.1 Å². The van der Waals surface area contributed by atoms with E-state index in [1.54, 1.807) is 11.9 Å². The minimum atomic E-state index is -0.822. The van der Waals surface area contributed by atoms with Crippen LogP contribution in [0.5, 0.6) is 11.5 Å². The first-order valence-electron chi connectivity index (χ1n) is 15.4. The largest absolute Gasteiger partial charge is 0.483 e. The number of esters is 2. The highest BCUT2D eigenvalue weighted by Crippen LogP contribution is 2.67. The molecule has 224 valence electrons. The van der Waals surface area contributed by atoms with Gasteiger partial charge in [0.1, 0.15) is 11.7 Å². The van der Waals surface area contributed by atoms with Crippen molar-refractivity contribution in [1.82, 2.24) is 9.80 Å². The van der Waals surface area contributed by atoms with Gasteiger partial charge in [0.25, 0.3) is 5.91 Å². The Morgan fingerprint density at radius 3 is 2.63 bits per heavy atom. The fourth-order valence-electron chi connectivity index (χ4n) is 8.60. The van der Waals surface area contributed by atoms with Gasteiger partial charge < -0.3 is 19.1 Å². The number of piperidine rings is 1. The molecule has 3 aliphatic carbocycles. The van der Waals surface area contributed by atoms with Crippen molar-refractivity contribution in [2.45, 2.75) is 88.5 Å². The number of amides is 1. The van der Waals surface area contributed by atoms with Crippen molar-refractivity contribution in [3.8, 4) is 23.3 Å². The molecule has 5 aliphatic rings. The molecule has 0 aromatic heterocycles. The van der Waals surface area contributed by atoms with E-state index in [-0.39, 0.29) is 24.0 Å².